The predicted octanol–water partition coefficient (Wildman–Crippen LogP) is 3.00. The fourth-order valence-electron chi connectivity index (χ4n) is 2.80. The number of benzene rings is 2. The molecule has 2 aromatic rings. The van der Waals surface area contributed by atoms with E-state index < -0.39 is 0 Å². The van der Waals surface area contributed by atoms with E-state index in [0.29, 0.717) is 18.0 Å². The summed E-state index contributed by atoms with van der Waals surface area (Å²) in [6, 6.07) is 14.9. The van der Waals surface area contributed by atoms with Crippen LogP contribution in [0.15, 0.2) is 48.5 Å². The van der Waals surface area contributed by atoms with Crippen LogP contribution >= 0.6 is 0 Å². The molecule has 5 nitrogen and oxygen atoms in total. The lowest BCUT2D eigenvalue weighted by Crippen LogP contribution is -2.28. The van der Waals surface area contributed by atoms with Crippen molar-refractivity contribution in [2.24, 2.45) is 5.92 Å². The summed E-state index contributed by atoms with van der Waals surface area (Å²) in [5, 5.41) is 2.86. The molecule has 1 fully saturated rings. The molecule has 1 aliphatic rings. The number of ether oxygens (including phenoxy) is 1. The summed E-state index contributed by atoms with van der Waals surface area (Å²) in [5.74, 6) is 0.150. The lowest BCUT2D eigenvalue weighted by Gasteiger charge is -2.17. The molecule has 1 heterocycles. The van der Waals surface area contributed by atoms with Crippen LogP contribution in [0.5, 0.6) is 5.75 Å². The minimum Gasteiger partial charge on any atom is -0.497 e. The smallest absolute Gasteiger partial charge is 0.229 e. The molecule has 2 aromatic carbocycles. The third-order valence-electron chi connectivity index (χ3n) is 4.18. The van der Waals surface area contributed by atoms with E-state index in [9.17, 15) is 9.59 Å². The van der Waals surface area contributed by atoms with Crippen LogP contribution in [0, 0.1) is 12.8 Å². The summed E-state index contributed by atoms with van der Waals surface area (Å²) in [6.07, 6.45) is 0.226. The van der Waals surface area contributed by atoms with Crippen molar-refractivity contribution >= 4 is 23.2 Å². The zero-order valence-electron chi connectivity index (χ0n) is 13.8. The molecule has 1 aliphatic heterocycles. The van der Waals surface area contributed by atoms with E-state index in [1.54, 1.807) is 24.1 Å². The summed E-state index contributed by atoms with van der Waals surface area (Å²) in [6.45, 7) is 2.40. The lowest BCUT2D eigenvalue weighted by atomic mass is 10.1. The van der Waals surface area contributed by atoms with Crippen LogP contribution in [-0.4, -0.2) is 25.5 Å². The number of methoxy groups -OCH3 is 1. The fourth-order valence-corrected chi connectivity index (χ4v) is 2.80. The zero-order valence-corrected chi connectivity index (χ0v) is 13.8. The first-order chi connectivity index (χ1) is 11.6. The molecule has 24 heavy (non-hydrogen) atoms. The van der Waals surface area contributed by atoms with E-state index >= 15 is 0 Å². The van der Waals surface area contributed by atoms with E-state index in [-0.39, 0.29) is 24.2 Å². The van der Waals surface area contributed by atoms with Crippen molar-refractivity contribution < 1.29 is 14.3 Å². The Kier molecular flexibility index (Phi) is 4.51. The number of rotatable bonds is 4. The first-order valence-electron chi connectivity index (χ1n) is 7.89. The number of hydrogen-bond donors (Lipinski definition) is 1. The average Bonchev–Trinajstić information content (AvgIpc) is 2.98. The molecule has 0 saturated carbocycles. The molecule has 3 rings (SSSR count). The monoisotopic (exact) mass is 324 g/mol. The molecule has 0 bridgehead atoms. The molecule has 1 saturated heterocycles. The minimum atomic E-state index is -0.356. The number of anilines is 2. The lowest BCUT2D eigenvalue weighted by molar-refractivity contribution is -0.122. The van der Waals surface area contributed by atoms with Crippen molar-refractivity contribution in [3.63, 3.8) is 0 Å². The fraction of sp³-hybridized carbons (Fsp3) is 0.263. The van der Waals surface area contributed by atoms with Gasteiger partial charge in [-0.25, -0.2) is 0 Å². The maximum absolute atomic E-state index is 12.5. The van der Waals surface area contributed by atoms with Crippen molar-refractivity contribution in [1.82, 2.24) is 0 Å². The van der Waals surface area contributed by atoms with Crippen LogP contribution in [0.2, 0.25) is 0 Å². The maximum atomic E-state index is 12.5. The van der Waals surface area contributed by atoms with E-state index in [1.165, 1.54) is 0 Å². The maximum Gasteiger partial charge on any atom is 0.229 e. The second kappa shape index (κ2) is 6.74. The Morgan fingerprint density at radius 3 is 2.67 bits per heavy atom. The summed E-state index contributed by atoms with van der Waals surface area (Å²) < 4.78 is 5.15. The molecule has 1 N–H and O–H groups in total. The van der Waals surface area contributed by atoms with Crippen molar-refractivity contribution in [1.29, 1.82) is 0 Å². The van der Waals surface area contributed by atoms with Gasteiger partial charge in [-0.15, -0.1) is 0 Å². The second-order valence-electron chi connectivity index (χ2n) is 5.96. The Labute approximate surface area is 141 Å². The molecule has 2 amide bonds. The number of carbonyl (C=O) groups is 2. The number of aryl methyl sites for hydroxylation is 1. The Bertz CT molecular complexity index is 755. The largest absolute Gasteiger partial charge is 0.497 e. The van der Waals surface area contributed by atoms with Crippen LogP contribution < -0.4 is 15.0 Å². The van der Waals surface area contributed by atoms with Crippen molar-refractivity contribution in [3.05, 3.63) is 54.1 Å². The van der Waals surface area contributed by atoms with Crippen LogP contribution in [-0.2, 0) is 9.59 Å². The van der Waals surface area contributed by atoms with Gasteiger partial charge in [-0.2, -0.15) is 0 Å². The predicted molar refractivity (Wildman–Crippen MR) is 93.3 cm³/mol. The molecule has 124 valence electrons. The molecular weight excluding hydrogens is 304 g/mol. The molecule has 0 radical (unpaired) electrons. The minimum absolute atomic E-state index is 0.0235. The topological polar surface area (TPSA) is 58.6 Å². The van der Waals surface area contributed by atoms with Gasteiger partial charge in [0.1, 0.15) is 5.75 Å². The van der Waals surface area contributed by atoms with Crippen molar-refractivity contribution in [2.45, 2.75) is 13.3 Å². The molecule has 5 heteroatoms. The normalized spacial score (nSPS) is 17.0. The van der Waals surface area contributed by atoms with E-state index in [0.717, 1.165) is 11.3 Å². The van der Waals surface area contributed by atoms with E-state index in [1.807, 2.05) is 43.3 Å². The van der Waals surface area contributed by atoms with Gasteiger partial charge in [0.15, 0.2) is 0 Å². The highest BCUT2D eigenvalue weighted by Crippen LogP contribution is 2.26. The van der Waals surface area contributed by atoms with Gasteiger partial charge in [0.25, 0.3) is 0 Å². The Morgan fingerprint density at radius 1 is 1.21 bits per heavy atom. The number of nitrogens with one attached hydrogen (secondary N) is 1. The highest BCUT2D eigenvalue weighted by molar-refractivity contribution is 6.03. The number of nitrogens with zero attached hydrogens (tertiary/aromatic N) is 1. The van der Waals surface area contributed by atoms with Crippen molar-refractivity contribution in [3.8, 4) is 5.75 Å². The van der Waals surface area contributed by atoms with Gasteiger partial charge in [0.05, 0.1) is 13.0 Å². The zero-order chi connectivity index (χ0) is 17.1. The Hall–Kier alpha value is -2.82. The van der Waals surface area contributed by atoms with Gasteiger partial charge < -0.3 is 15.0 Å². The number of carbonyl (C=O) groups excluding carboxylic acids is 2. The number of hydrogen-bond acceptors (Lipinski definition) is 3. The Balaban J connectivity index is 1.68. The third-order valence-corrected chi connectivity index (χ3v) is 4.18. The first kappa shape index (κ1) is 16.1. The molecule has 0 aliphatic carbocycles. The van der Waals surface area contributed by atoms with Crippen LogP contribution in [0.3, 0.4) is 0 Å². The first-order valence-corrected chi connectivity index (χ1v) is 7.89. The standard InChI is InChI=1S/C19H20N2O3/c1-13-6-8-16(9-7-13)21-12-14(10-18(21)22)19(23)20-15-4-3-5-17(11-15)24-2/h3-9,11,14H,10,12H2,1-2H3,(H,20,23)/t14-/m1/s1. The summed E-state index contributed by atoms with van der Waals surface area (Å²) in [5.41, 5.74) is 2.64. The van der Waals surface area contributed by atoms with E-state index in [2.05, 4.69) is 5.32 Å². The van der Waals surface area contributed by atoms with Gasteiger partial charge in [-0.05, 0) is 31.2 Å². The molecule has 0 unspecified atom stereocenters. The van der Waals surface area contributed by atoms with Gasteiger partial charge in [-0.1, -0.05) is 23.8 Å². The molecular formula is C19H20N2O3. The van der Waals surface area contributed by atoms with Crippen LogP contribution in [0.25, 0.3) is 0 Å². The summed E-state index contributed by atoms with van der Waals surface area (Å²) in [7, 11) is 1.58. The summed E-state index contributed by atoms with van der Waals surface area (Å²) >= 11 is 0. The van der Waals surface area contributed by atoms with Gasteiger partial charge in [0, 0.05) is 30.4 Å². The third kappa shape index (κ3) is 3.40. The van der Waals surface area contributed by atoms with Gasteiger partial charge in [-0.3, -0.25) is 9.59 Å². The molecule has 0 aromatic heterocycles. The van der Waals surface area contributed by atoms with Gasteiger partial charge in [0.2, 0.25) is 11.8 Å². The highest BCUT2D eigenvalue weighted by Gasteiger charge is 2.35. The highest BCUT2D eigenvalue weighted by atomic mass is 16.5. The van der Waals surface area contributed by atoms with Gasteiger partial charge >= 0.3 is 0 Å². The second-order valence-corrected chi connectivity index (χ2v) is 5.96. The number of amides is 2. The summed E-state index contributed by atoms with van der Waals surface area (Å²) in [4.78, 5) is 26.4. The Morgan fingerprint density at radius 2 is 1.96 bits per heavy atom. The van der Waals surface area contributed by atoms with Crippen LogP contribution in [0.1, 0.15) is 12.0 Å². The SMILES string of the molecule is COc1cccc(NC(=O)[C@@H]2CC(=O)N(c3ccc(C)cc3)C2)c1. The quantitative estimate of drug-likeness (QED) is 0.940. The van der Waals surface area contributed by atoms with Crippen molar-refractivity contribution in [2.75, 3.05) is 23.9 Å². The molecule has 0 spiro atoms. The molecule has 1 atom stereocenters. The van der Waals surface area contributed by atoms with E-state index in [4.69, 9.17) is 4.74 Å². The average molecular weight is 324 g/mol. The van der Waals surface area contributed by atoms with Crippen LogP contribution in [0.4, 0.5) is 11.4 Å².